The van der Waals surface area contributed by atoms with Gasteiger partial charge in [0.1, 0.15) is 17.0 Å². The summed E-state index contributed by atoms with van der Waals surface area (Å²) in [4.78, 5) is 15.3. The van der Waals surface area contributed by atoms with E-state index in [9.17, 15) is 9.50 Å². The molecule has 0 unspecified atom stereocenters. The molecule has 4 aromatic rings. The van der Waals surface area contributed by atoms with Crippen LogP contribution < -0.4 is 16.0 Å². The van der Waals surface area contributed by atoms with Gasteiger partial charge in [-0.2, -0.15) is 19.7 Å². The molecule has 0 spiro atoms. The van der Waals surface area contributed by atoms with Crippen molar-refractivity contribution in [2.45, 2.75) is 6.42 Å². The smallest absolute Gasteiger partial charge is 0.255 e. The highest BCUT2D eigenvalue weighted by molar-refractivity contribution is 5.83. The minimum atomic E-state index is -0.290. The molecule has 1 aliphatic rings. The van der Waals surface area contributed by atoms with Crippen LogP contribution in [0.1, 0.15) is 11.3 Å². The molecule has 1 aromatic carbocycles. The summed E-state index contributed by atoms with van der Waals surface area (Å²) < 4.78 is 15.8. The fourth-order valence-electron chi connectivity index (χ4n) is 3.66. The number of nitrogens with two attached hydrogens (primary N) is 1. The summed E-state index contributed by atoms with van der Waals surface area (Å²) in [5, 5.41) is 17.0. The van der Waals surface area contributed by atoms with E-state index in [1.807, 2.05) is 11.0 Å². The third-order valence-electron chi connectivity index (χ3n) is 5.04. The quantitative estimate of drug-likeness (QED) is 0.458. The first-order valence-electron chi connectivity index (χ1n) is 9.49. The number of β-amino-alcohol motifs (C(OH)–C–C–N with tert-alkyl or cyclic N) is 1. The summed E-state index contributed by atoms with van der Waals surface area (Å²) in [6.07, 6.45) is 1.96. The van der Waals surface area contributed by atoms with Crippen LogP contribution in [0.15, 0.2) is 42.6 Å². The zero-order valence-corrected chi connectivity index (χ0v) is 16.0. The van der Waals surface area contributed by atoms with Crippen molar-refractivity contribution in [1.82, 2.24) is 24.7 Å². The molecule has 9 nitrogen and oxygen atoms in total. The highest BCUT2D eigenvalue weighted by atomic mass is 19.1. The van der Waals surface area contributed by atoms with Gasteiger partial charge in [0.15, 0.2) is 11.6 Å². The average molecular weight is 406 g/mol. The molecule has 4 N–H and O–H groups in total. The second-order valence-corrected chi connectivity index (χ2v) is 6.93. The Morgan fingerprint density at radius 2 is 2.03 bits per heavy atom. The lowest BCUT2D eigenvalue weighted by atomic mass is 10.1. The number of halogens is 1. The Morgan fingerprint density at radius 3 is 2.87 bits per heavy atom. The van der Waals surface area contributed by atoms with Crippen LogP contribution >= 0.6 is 0 Å². The summed E-state index contributed by atoms with van der Waals surface area (Å²) in [7, 11) is 0. The number of benzene rings is 1. The molecule has 5 rings (SSSR count). The Morgan fingerprint density at radius 1 is 1.17 bits per heavy atom. The second kappa shape index (κ2) is 7.23. The minimum absolute atomic E-state index is 0.00280. The van der Waals surface area contributed by atoms with Gasteiger partial charge < -0.3 is 21.1 Å². The maximum Gasteiger partial charge on any atom is 0.255 e. The lowest BCUT2D eigenvalue weighted by Crippen LogP contribution is -2.26. The highest BCUT2D eigenvalue weighted by Gasteiger charge is 2.26. The van der Waals surface area contributed by atoms with Gasteiger partial charge in [0.2, 0.25) is 0 Å². The van der Waals surface area contributed by atoms with E-state index in [0.29, 0.717) is 53.0 Å². The number of pyridine rings is 1. The van der Waals surface area contributed by atoms with E-state index in [1.54, 1.807) is 35.1 Å². The van der Waals surface area contributed by atoms with Crippen LogP contribution in [0.5, 0.6) is 0 Å². The molecule has 1 aliphatic heterocycles. The van der Waals surface area contributed by atoms with E-state index in [1.165, 1.54) is 6.07 Å². The average Bonchev–Trinajstić information content (AvgIpc) is 3.32. The topological polar surface area (TPSA) is 118 Å². The van der Waals surface area contributed by atoms with Crippen molar-refractivity contribution in [3.05, 3.63) is 59.7 Å². The van der Waals surface area contributed by atoms with Crippen molar-refractivity contribution >= 4 is 28.4 Å². The van der Waals surface area contributed by atoms with Gasteiger partial charge in [0, 0.05) is 19.2 Å². The molecule has 10 heteroatoms. The Bertz CT molecular complexity index is 1240. The normalized spacial score (nSPS) is 12.9. The minimum Gasteiger partial charge on any atom is -0.395 e. The van der Waals surface area contributed by atoms with E-state index in [-0.39, 0.29) is 24.7 Å². The lowest BCUT2D eigenvalue weighted by Gasteiger charge is -2.17. The van der Waals surface area contributed by atoms with Crippen molar-refractivity contribution in [2.24, 2.45) is 0 Å². The van der Waals surface area contributed by atoms with E-state index in [4.69, 9.17) is 5.73 Å². The van der Waals surface area contributed by atoms with Crippen molar-refractivity contribution in [3.63, 3.8) is 0 Å². The first-order valence-corrected chi connectivity index (χ1v) is 9.49. The standard InChI is InChI=1S/C20H19FN8O/c21-13-5-2-1-4-12(13)10-14-16-15(6-3-7-23-16)29(27-14)20-25-18(22)17-19(26-20)24-11-28(17)8-9-30/h1-7,30H,8-11H2,(H3,22,24,25,26). The number of nitrogens with zero attached hydrogens (tertiary/aromatic N) is 6. The Balaban J connectivity index is 1.61. The van der Waals surface area contributed by atoms with E-state index >= 15 is 0 Å². The molecular formula is C20H19FN8O. The highest BCUT2D eigenvalue weighted by Crippen LogP contribution is 2.35. The van der Waals surface area contributed by atoms with Gasteiger partial charge in [-0.1, -0.05) is 18.2 Å². The monoisotopic (exact) mass is 406 g/mol. The van der Waals surface area contributed by atoms with Crippen LogP contribution in [0.25, 0.3) is 17.0 Å². The lowest BCUT2D eigenvalue weighted by molar-refractivity contribution is 0.303. The van der Waals surface area contributed by atoms with Gasteiger partial charge in [-0.05, 0) is 23.8 Å². The number of aliphatic hydroxyl groups excluding tert-OH is 1. The Labute approximate surface area is 171 Å². The number of rotatable bonds is 5. The Kier molecular flexibility index (Phi) is 4.40. The molecule has 0 radical (unpaired) electrons. The van der Waals surface area contributed by atoms with Gasteiger partial charge in [-0.25, -0.2) is 4.39 Å². The fraction of sp³-hybridized carbons (Fsp3) is 0.200. The third kappa shape index (κ3) is 2.98. The molecule has 0 bridgehead atoms. The number of nitrogens with one attached hydrogen (secondary N) is 1. The summed E-state index contributed by atoms with van der Waals surface area (Å²) in [5.41, 5.74) is 9.37. The molecule has 0 atom stereocenters. The van der Waals surface area contributed by atoms with Crippen LogP contribution in [-0.2, 0) is 6.42 Å². The molecule has 3 aromatic heterocycles. The summed E-state index contributed by atoms with van der Waals surface area (Å²) in [6.45, 7) is 0.906. The second-order valence-electron chi connectivity index (χ2n) is 6.93. The van der Waals surface area contributed by atoms with Crippen molar-refractivity contribution in [3.8, 4) is 5.95 Å². The maximum absolute atomic E-state index is 14.2. The summed E-state index contributed by atoms with van der Waals surface area (Å²) in [5.74, 6) is 0.871. The van der Waals surface area contributed by atoms with Gasteiger partial charge in [-0.15, -0.1) is 0 Å². The molecule has 4 heterocycles. The van der Waals surface area contributed by atoms with E-state index in [2.05, 4.69) is 25.4 Å². The van der Waals surface area contributed by atoms with Gasteiger partial charge >= 0.3 is 0 Å². The molecule has 0 amide bonds. The predicted octanol–water partition coefficient (Wildman–Crippen LogP) is 1.70. The van der Waals surface area contributed by atoms with Crippen LogP contribution in [0.2, 0.25) is 0 Å². The number of hydrogen-bond acceptors (Lipinski definition) is 8. The Hall–Kier alpha value is -3.79. The number of aromatic nitrogens is 5. The zero-order chi connectivity index (χ0) is 20.7. The SMILES string of the molecule is Nc1nc(-n2nc(Cc3ccccc3F)c3ncccc32)nc2c1N(CCO)CN2. The van der Waals surface area contributed by atoms with Crippen LogP contribution in [0.4, 0.5) is 21.7 Å². The molecule has 0 fully saturated rings. The third-order valence-corrected chi connectivity index (χ3v) is 5.04. The van der Waals surface area contributed by atoms with Crippen LogP contribution in [-0.4, -0.2) is 49.7 Å². The number of fused-ring (bicyclic) bond motifs is 2. The molecule has 0 saturated heterocycles. The molecule has 152 valence electrons. The van der Waals surface area contributed by atoms with Gasteiger partial charge in [-0.3, -0.25) is 4.98 Å². The van der Waals surface area contributed by atoms with Gasteiger partial charge in [0.05, 0.1) is 24.5 Å². The van der Waals surface area contributed by atoms with E-state index in [0.717, 1.165) is 0 Å². The maximum atomic E-state index is 14.2. The molecule has 0 saturated carbocycles. The fourth-order valence-corrected chi connectivity index (χ4v) is 3.66. The van der Waals surface area contributed by atoms with Gasteiger partial charge in [0.25, 0.3) is 5.95 Å². The van der Waals surface area contributed by atoms with Crippen LogP contribution in [0, 0.1) is 5.82 Å². The molecule has 0 aliphatic carbocycles. The van der Waals surface area contributed by atoms with Crippen molar-refractivity contribution in [1.29, 1.82) is 0 Å². The predicted molar refractivity (Wildman–Crippen MR) is 111 cm³/mol. The summed E-state index contributed by atoms with van der Waals surface area (Å²) >= 11 is 0. The number of anilines is 3. The van der Waals surface area contributed by atoms with E-state index < -0.39 is 0 Å². The number of nitrogen functional groups attached to an aromatic ring is 1. The number of aliphatic hydroxyl groups is 1. The first-order chi connectivity index (χ1) is 14.7. The van der Waals surface area contributed by atoms with Crippen LogP contribution in [0.3, 0.4) is 0 Å². The van der Waals surface area contributed by atoms with Crippen molar-refractivity contribution < 1.29 is 9.50 Å². The largest absolute Gasteiger partial charge is 0.395 e. The zero-order valence-electron chi connectivity index (χ0n) is 16.0. The molecular weight excluding hydrogens is 387 g/mol. The summed E-state index contributed by atoms with van der Waals surface area (Å²) in [6, 6.07) is 10.3. The molecule has 30 heavy (non-hydrogen) atoms. The van der Waals surface area contributed by atoms with Crippen molar-refractivity contribution in [2.75, 3.05) is 35.8 Å². The number of hydrogen-bond donors (Lipinski definition) is 3. The first kappa shape index (κ1) is 18.3.